The van der Waals surface area contributed by atoms with Gasteiger partial charge in [0.2, 0.25) is 0 Å². The number of sulfone groups is 1. The molecule has 0 saturated heterocycles. The summed E-state index contributed by atoms with van der Waals surface area (Å²) < 4.78 is 22.4. The standard InChI is InChI=1S/C12H17NO2S/c1-3-4-5-10-13-11-6-8-12(9-7-11)16(2,14)15/h3,6-9,13H,1,4-5,10H2,2H3. The van der Waals surface area contributed by atoms with Crippen LogP contribution in [0.5, 0.6) is 0 Å². The van der Waals surface area contributed by atoms with Gasteiger partial charge in [0.05, 0.1) is 4.90 Å². The lowest BCUT2D eigenvalue weighted by Gasteiger charge is -2.05. The van der Waals surface area contributed by atoms with Crippen LogP contribution in [0, 0.1) is 0 Å². The first-order valence-electron chi connectivity index (χ1n) is 5.19. The van der Waals surface area contributed by atoms with E-state index < -0.39 is 9.84 Å². The number of unbranched alkanes of at least 4 members (excludes halogenated alkanes) is 1. The van der Waals surface area contributed by atoms with Crippen LogP contribution in [-0.4, -0.2) is 21.2 Å². The average molecular weight is 239 g/mol. The third-order valence-electron chi connectivity index (χ3n) is 2.20. The molecule has 0 amide bonds. The Morgan fingerprint density at radius 1 is 1.31 bits per heavy atom. The highest BCUT2D eigenvalue weighted by Gasteiger charge is 2.05. The van der Waals surface area contributed by atoms with E-state index in [1.54, 1.807) is 24.3 Å². The smallest absolute Gasteiger partial charge is 0.175 e. The first-order valence-corrected chi connectivity index (χ1v) is 7.08. The summed E-state index contributed by atoms with van der Waals surface area (Å²) in [5.41, 5.74) is 0.941. The predicted molar refractivity (Wildman–Crippen MR) is 67.5 cm³/mol. The molecule has 0 fully saturated rings. The van der Waals surface area contributed by atoms with Crippen LogP contribution in [-0.2, 0) is 9.84 Å². The number of hydrogen-bond acceptors (Lipinski definition) is 3. The fourth-order valence-corrected chi connectivity index (χ4v) is 1.93. The average Bonchev–Trinajstić information content (AvgIpc) is 2.24. The number of rotatable bonds is 6. The van der Waals surface area contributed by atoms with Gasteiger partial charge in [0.1, 0.15) is 0 Å². The maximum Gasteiger partial charge on any atom is 0.175 e. The normalized spacial score (nSPS) is 11.1. The molecule has 1 rings (SSSR count). The summed E-state index contributed by atoms with van der Waals surface area (Å²) in [6, 6.07) is 6.80. The predicted octanol–water partition coefficient (Wildman–Crippen LogP) is 2.47. The molecule has 0 atom stereocenters. The van der Waals surface area contributed by atoms with Crippen molar-refractivity contribution in [2.24, 2.45) is 0 Å². The van der Waals surface area contributed by atoms with E-state index in [-0.39, 0.29) is 0 Å². The molecular formula is C12H17NO2S. The molecule has 0 radical (unpaired) electrons. The SMILES string of the molecule is C=CCCCNc1ccc(S(C)(=O)=O)cc1. The zero-order valence-corrected chi connectivity index (χ0v) is 10.3. The largest absolute Gasteiger partial charge is 0.385 e. The summed E-state index contributed by atoms with van der Waals surface area (Å²) in [5.74, 6) is 0. The summed E-state index contributed by atoms with van der Waals surface area (Å²) in [4.78, 5) is 0.351. The van der Waals surface area contributed by atoms with Crippen molar-refractivity contribution in [2.75, 3.05) is 18.1 Å². The summed E-state index contributed by atoms with van der Waals surface area (Å²) in [5, 5.41) is 3.22. The van der Waals surface area contributed by atoms with Gasteiger partial charge < -0.3 is 5.32 Å². The van der Waals surface area contributed by atoms with Gasteiger partial charge in [0, 0.05) is 18.5 Å². The van der Waals surface area contributed by atoms with Crippen molar-refractivity contribution in [1.82, 2.24) is 0 Å². The molecule has 0 aromatic heterocycles. The second-order valence-electron chi connectivity index (χ2n) is 3.65. The maximum absolute atomic E-state index is 11.2. The Labute approximate surface area is 97.1 Å². The van der Waals surface area contributed by atoms with E-state index in [1.165, 1.54) is 6.26 Å². The second-order valence-corrected chi connectivity index (χ2v) is 5.67. The van der Waals surface area contributed by atoms with Crippen molar-refractivity contribution >= 4 is 15.5 Å². The molecule has 0 bridgehead atoms. The minimum Gasteiger partial charge on any atom is -0.385 e. The highest BCUT2D eigenvalue weighted by molar-refractivity contribution is 7.90. The molecule has 16 heavy (non-hydrogen) atoms. The van der Waals surface area contributed by atoms with Gasteiger partial charge in [-0.25, -0.2) is 8.42 Å². The van der Waals surface area contributed by atoms with Crippen molar-refractivity contribution in [3.63, 3.8) is 0 Å². The van der Waals surface area contributed by atoms with Crippen molar-refractivity contribution < 1.29 is 8.42 Å². The van der Waals surface area contributed by atoms with Crippen LogP contribution in [0.15, 0.2) is 41.8 Å². The molecule has 88 valence electrons. The molecule has 0 heterocycles. The van der Waals surface area contributed by atoms with Gasteiger partial charge in [0.25, 0.3) is 0 Å². The third kappa shape index (κ3) is 4.06. The molecule has 1 aromatic rings. The molecule has 0 spiro atoms. The number of allylic oxidation sites excluding steroid dienone is 1. The molecule has 4 heteroatoms. The Bertz CT molecular complexity index is 435. The monoisotopic (exact) mass is 239 g/mol. The fourth-order valence-electron chi connectivity index (χ4n) is 1.30. The van der Waals surface area contributed by atoms with Crippen molar-refractivity contribution in [2.45, 2.75) is 17.7 Å². The van der Waals surface area contributed by atoms with Crippen LogP contribution in [0.2, 0.25) is 0 Å². The molecular weight excluding hydrogens is 222 g/mol. The maximum atomic E-state index is 11.2. The number of nitrogens with one attached hydrogen (secondary N) is 1. The Hall–Kier alpha value is -1.29. The van der Waals surface area contributed by atoms with Crippen molar-refractivity contribution in [3.05, 3.63) is 36.9 Å². The van der Waals surface area contributed by atoms with E-state index in [0.29, 0.717) is 4.90 Å². The van der Waals surface area contributed by atoms with Gasteiger partial charge in [-0.05, 0) is 37.1 Å². The summed E-state index contributed by atoms with van der Waals surface area (Å²) in [6.07, 6.45) is 5.10. The lowest BCUT2D eigenvalue weighted by atomic mass is 10.3. The first kappa shape index (κ1) is 12.8. The lowest BCUT2D eigenvalue weighted by Crippen LogP contribution is -2.02. The minimum absolute atomic E-state index is 0.351. The van der Waals surface area contributed by atoms with Crippen molar-refractivity contribution in [1.29, 1.82) is 0 Å². The molecule has 0 aliphatic rings. The van der Waals surface area contributed by atoms with E-state index in [9.17, 15) is 8.42 Å². The highest BCUT2D eigenvalue weighted by Crippen LogP contribution is 2.13. The number of benzene rings is 1. The molecule has 1 N–H and O–H groups in total. The van der Waals surface area contributed by atoms with Gasteiger partial charge in [-0.1, -0.05) is 6.08 Å². The second kappa shape index (κ2) is 5.70. The third-order valence-corrected chi connectivity index (χ3v) is 3.33. The van der Waals surface area contributed by atoms with Crippen LogP contribution < -0.4 is 5.32 Å². The Balaban J connectivity index is 2.55. The zero-order chi connectivity index (χ0) is 12.0. The highest BCUT2D eigenvalue weighted by atomic mass is 32.2. The van der Waals surface area contributed by atoms with Crippen LogP contribution in [0.4, 0.5) is 5.69 Å². The summed E-state index contributed by atoms with van der Waals surface area (Å²) in [6.45, 7) is 4.51. The van der Waals surface area contributed by atoms with E-state index in [4.69, 9.17) is 0 Å². The van der Waals surface area contributed by atoms with Gasteiger partial charge in [-0.3, -0.25) is 0 Å². The van der Waals surface area contributed by atoms with Gasteiger partial charge in [0.15, 0.2) is 9.84 Å². The van der Waals surface area contributed by atoms with E-state index in [0.717, 1.165) is 25.1 Å². The lowest BCUT2D eigenvalue weighted by molar-refractivity contribution is 0.602. The van der Waals surface area contributed by atoms with Crippen molar-refractivity contribution in [3.8, 4) is 0 Å². The van der Waals surface area contributed by atoms with Crippen LogP contribution >= 0.6 is 0 Å². The molecule has 0 aliphatic heterocycles. The topological polar surface area (TPSA) is 46.2 Å². The Kier molecular flexibility index (Phi) is 4.55. The van der Waals surface area contributed by atoms with Gasteiger partial charge in [-0.15, -0.1) is 6.58 Å². The van der Waals surface area contributed by atoms with Crippen LogP contribution in [0.1, 0.15) is 12.8 Å². The number of anilines is 1. The summed E-state index contributed by atoms with van der Waals surface area (Å²) in [7, 11) is -3.09. The van der Waals surface area contributed by atoms with Crippen LogP contribution in [0.25, 0.3) is 0 Å². The summed E-state index contributed by atoms with van der Waals surface area (Å²) >= 11 is 0. The fraction of sp³-hybridized carbons (Fsp3) is 0.333. The van der Waals surface area contributed by atoms with E-state index >= 15 is 0 Å². The van der Waals surface area contributed by atoms with E-state index in [1.807, 2.05) is 6.08 Å². The first-order chi connectivity index (χ1) is 7.54. The Morgan fingerprint density at radius 2 is 1.94 bits per heavy atom. The molecule has 3 nitrogen and oxygen atoms in total. The van der Waals surface area contributed by atoms with E-state index in [2.05, 4.69) is 11.9 Å². The van der Waals surface area contributed by atoms with Gasteiger partial charge >= 0.3 is 0 Å². The van der Waals surface area contributed by atoms with Gasteiger partial charge in [-0.2, -0.15) is 0 Å². The molecule has 0 aliphatic carbocycles. The number of hydrogen-bond donors (Lipinski definition) is 1. The zero-order valence-electron chi connectivity index (χ0n) is 9.44. The molecule has 0 unspecified atom stereocenters. The molecule has 0 saturated carbocycles. The van der Waals surface area contributed by atoms with Crippen LogP contribution in [0.3, 0.4) is 0 Å². The minimum atomic E-state index is -3.09. The Morgan fingerprint density at radius 3 is 2.44 bits per heavy atom. The quantitative estimate of drug-likeness (QED) is 0.612. The molecule has 1 aromatic carbocycles.